The molecule has 1 heterocycles. The summed E-state index contributed by atoms with van der Waals surface area (Å²) in [7, 11) is 0. The molecule has 2 aromatic rings. The molecule has 2 amide bonds. The number of rotatable bonds is 8. The van der Waals surface area contributed by atoms with E-state index in [1.54, 1.807) is 24.4 Å². The van der Waals surface area contributed by atoms with Gasteiger partial charge in [-0.3, -0.25) is 14.5 Å². The van der Waals surface area contributed by atoms with Crippen molar-refractivity contribution < 1.29 is 19.1 Å². The van der Waals surface area contributed by atoms with Crippen molar-refractivity contribution in [3.8, 4) is 5.75 Å². The van der Waals surface area contributed by atoms with Crippen molar-refractivity contribution in [3.05, 3.63) is 59.2 Å². The lowest BCUT2D eigenvalue weighted by Gasteiger charge is -2.25. The van der Waals surface area contributed by atoms with Crippen LogP contribution in [-0.4, -0.2) is 62.4 Å². The van der Waals surface area contributed by atoms with Gasteiger partial charge < -0.3 is 14.8 Å². The minimum absolute atomic E-state index is 0.107. The van der Waals surface area contributed by atoms with E-state index < -0.39 is 0 Å². The van der Waals surface area contributed by atoms with Crippen LogP contribution in [0.4, 0.5) is 5.69 Å². The first-order valence-electron chi connectivity index (χ1n) is 10.2. The summed E-state index contributed by atoms with van der Waals surface area (Å²) in [5.41, 5.74) is 6.30. The molecular formula is C23H28N4O4. The van der Waals surface area contributed by atoms with Crippen LogP contribution >= 0.6 is 0 Å². The lowest BCUT2D eigenvalue weighted by atomic mass is 10.1. The second-order valence-corrected chi connectivity index (χ2v) is 7.39. The highest BCUT2D eigenvalue weighted by Gasteiger charge is 2.13. The summed E-state index contributed by atoms with van der Waals surface area (Å²) in [6.07, 6.45) is 1.54. The van der Waals surface area contributed by atoms with Gasteiger partial charge in [0.2, 0.25) is 0 Å². The number of hydrazone groups is 1. The van der Waals surface area contributed by atoms with Crippen LogP contribution in [0.3, 0.4) is 0 Å². The number of carbonyl (C=O) groups excluding carboxylic acids is 2. The molecule has 0 unspecified atom stereocenters. The first-order chi connectivity index (χ1) is 15.0. The Kier molecular flexibility index (Phi) is 8.14. The van der Waals surface area contributed by atoms with Crippen LogP contribution in [0.2, 0.25) is 0 Å². The van der Waals surface area contributed by atoms with Crippen molar-refractivity contribution in [2.45, 2.75) is 13.8 Å². The number of amides is 2. The molecular weight excluding hydrogens is 396 g/mol. The maximum absolute atomic E-state index is 12.2. The molecule has 1 aliphatic rings. The van der Waals surface area contributed by atoms with Crippen LogP contribution in [-0.2, 0) is 14.3 Å². The van der Waals surface area contributed by atoms with Crippen LogP contribution in [0.5, 0.6) is 5.75 Å². The zero-order valence-electron chi connectivity index (χ0n) is 17.9. The third-order valence-electron chi connectivity index (χ3n) is 4.89. The molecule has 164 valence electrons. The molecule has 3 rings (SSSR count). The number of carbonyl (C=O) groups is 2. The summed E-state index contributed by atoms with van der Waals surface area (Å²) in [6, 6.07) is 12.9. The standard InChI is InChI=1S/C23H28N4O4/c1-17-6-7-20(12-18(17)2)25-23(29)16-31-21-5-3-4-19(13-21)14-24-26-22(28)15-27-8-10-30-11-9-27/h3-7,12-14H,8-11,15-16H2,1-2H3,(H,25,29)(H,26,28)/b24-14+. The summed E-state index contributed by atoms with van der Waals surface area (Å²) in [4.78, 5) is 26.1. The average Bonchev–Trinajstić information content (AvgIpc) is 2.76. The Hall–Kier alpha value is -3.23. The number of hydrogen-bond acceptors (Lipinski definition) is 6. The maximum Gasteiger partial charge on any atom is 0.262 e. The van der Waals surface area contributed by atoms with Crippen LogP contribution in [0.25, 0.3) is 0 Å². The third-order valence-corrected chi connectivity index (χ3v) is 4.89. The molecule has 0 spiro atoms. The van der Waals surface area contributed by atoms with E-state index in [9.17, 15) is 9.59 Å². The monoisotopic (exact) mass is 424 g/mol. The average molecular weight is 425 g/mol. The number of morpholine rings is 1. The van der Waals surface area contributed by atoms with E-state index in [1.165, 1.54) is 5.56 Å². The van der Waals surface area contributed by atoms with Crippen molar-refractivity contribution in [3.63, 3.8) is 0 Å². The van der Waals surface area contributed by atoms with Gasteiger partial charge in [0.25, 0.3) is 11.8 Å². The topological polar surface area (TPSA) is 92.3 Å². The van der Waals surface area contributed by atoms with Gasteiger partial charge in [0.15, 0.2) is 6.61 Å². The van der Waals surface area contributed by atoms with Gasteiger partial charge in [-0.15, -0.1) is 0 Å². The third kappa shape index (κ3) is 7.51. The Morgan fingerprint density at radius 3 is 2.68 bits per heavy atom. The van der Waals surface area contributed by atoms with E-state index in [4.69, 9.17) is 9.47 Å². The zero-order valence-corrected chi connectivity index (χ0v) is 17.9. The highest BCUT2D eigenvalue weighted by atomic mass is 16.5. The number of hydrogen-bond donors (Lipinski definition) is 2. The van der Waals surface area contributed by atoms with E-state index in [2.05, 4.69) is 15.8 Å². The minimum atomic E-state index is -0.238. The summed E-state index contributed by atoms with van der Waals surface area (Å²) < 4.78 is 10.8. The highest BCUT2D eigenvalue weighted by molar-refractivity contribution is 5.92. The fraction of sp³-hybridized carbons (Fsp3) is 0.348. The lowest BCUT2D eigenvalue weighted by Crippen LogP contribution is -2.42. The Labute approximate surface area is 182 Å². The van der Waals surface area contributed by atoms with Gasteiger partial charge in [0, 0.05) is 18.8 Å². The summed E-state index contributed by atoms with van der Waals surface area (Å²) >= 11 is 0. The molecule has 2 N–H and O–H groups in total. The number of ether oxygens (including phenoxy) is 2. The molecule has 0 bridgehead atoms. The largest absolute Gasteiger partial charge is 0.484 e. The van der Waals surface area contributed by atoms with Gasteiger partial charge in [-0.1, -0.05) is 18.2 Å². The fourth-order valence-electron chi connectivity index (χ4n) is 3.03. The van der Waals surface area contributed by atoms with Crippen molar-refractivity contribution >= 4 is 23.7 Å². The molecule has 0 aliphatic carbocycles. The molecule has 2 aromatic carbocycles. The first kappa shape index (κ1) is 22.5. The number of aryl methyl sites for hydroxylation is 2. The van der Waals surface area contributed by atoms with Crippen LogP contribution < -0.4 is 15.5 Å². The Morgan fingerprint density at radius 2 is 1.90 bits per heavy atom. The Bertz CT molecular complexity index is 939. The van der Waals surface area contributed by atoms with E-state index in [-0.39, 0.29) is 18.4 Å². The molecule has 8 heteroatoms. The molecule has 0 aromatic heterocycles. The second-order valence-electron chi connectivity index (χ2n) is 7.39. The number of nitrogens with zero attached hydrogens (tertiary/aromatic N) is 2. The summed E-state index contributed by atoms with van der Waals surface area (Å²) in [5, 5.41) is 6.82. The van der Waals surface area contributed by atoms with Crippen molar-refractivity contribution in [1.82, 2.24) is 10.3 Å². The predicted molar refractivity (Wildman–Crippen MR) is 119 cm³/mol. The van der Waals surface area contributed by atoms with Gasteiger partial charge >= 0.3 is 0 Å². The SMILES string of the molecule is Cc1ccc(NC(=O)COc2cccc(/C=N/NC(=O)CN3CCOCC3)c2)cc1C. The molecule has 0 radical (unpaired) electrons. The number of nitrogens with one attached hydrogen (secondary N) is 2. The molecule has 31 heavy (non-hydrogen) atoms. The number of anilines is 1. The van der Waals surface area contributed by atoms with Crippen molar-refractivity contribution in [1.29, 1.82) is 0 Å². The van der Waals surface area contributed by atoms with E-state index in [0.29, 0.717) is 25.5 Å². The van der Waals surface area contributed by atoms with Gasteiger partial charge in [0.1, 0.15) is 5.75 Å². The molecule has 0 saturated carbocycles. The van der Waals surface area contributed by atoms with Crippen molar-refractivity contribution in [2.24, 2.45) is 5.10 Å². The highest BCUT2D eigenvalue weighted by Crippen LogP contribution is 2.15. The fourth-order valence-corrected chi connectivity index (χ4v) is 3.03. The van der Waals surface area contributed by atoms with Gasteiger partial charge in [-0.25, -0.2) is 5.43 Å². The smallest absolute Gasteiger partial charge is 0.262 e. The Morgan fingerprint density at radius 1 is 1.10 bits per heavy atom. The van der Waals surface area contributed by atoms with Crippen LogP contribution in [0, 0.1) is 13.8 Å². The van der Waals surface area contributed by atoms with E-state index in [0.717, 1.165) is 29.9 Å². The number of benzene rings is 2. The zero-order chi connectivity index (χ0) is 22.1. The normalized spacial score (nSPS) is 14.4. The molecule has 8 nitrogen and oxygen atoms in total. The Balaban J connectivity index is 1.44. The molecule has 1 saturated heterocycles. The predicted octanol–water partition coefficient (Wildman–Crippen LogP) is 2.10. The van der Waals surface area contributed by atoms with Crippen molar-refractivity contribution in [2.75, 3.05) is 44.8 Å². The quantitative estimate of drug-likeness (QED) is 0.500. The minimum Gasteiger partial charge on any atom is -0.484 e. The molecule has 0 atom stereocenters. The van der Waals surface area contributed by atoms with Gasteiger partial charge in [-0.2, -0.15) is 5.10 Å². The van der Waals surface area contributed by atoms with Crippen LogP contribution in [0.1, 0.15) is 16.7 Å². The molecule has 1 aliphatic heterocycles. The molecule has 1 fully saturated rings. The first-order valence-corrected chi connectivity index (χ1v) is 10.2. The summed E-state index contributed by atoms with van der Waals surface area (Å²) in [5.74, 6) is 0.130. The summed E-state index contributed by atoms with van der Waals surface area (Å²) in [6.45, 7) is 6.98. The van der Waals surface area contributed by atoms with E-state index in [1.807, 2.05) is 43.0 Å². The van der Waals surface area contributed by atoms with Crippen LogP contribution in [0.15, 0.2) is 47.6 Å². The van der Waals surface area contributed by atoms with Gasteiger partial charge in [-0.05, 0) is 54.8 Å². The van der Waals surface area contributed by atoms with Gasteiger partial charge in [0.05, 0.1) is 26.0 Å². The second kappa shape index (κ2) is 11.2. The maximum atomic E-state index is 12.2. The van der Waals surface area contributed by atoms with E-state index >= 15 is 0 Å². The lowest BCUT2D eigenvalue weighted by molar-refractivity contribution is -0.123.